The highest BCUT2D eigenvalue weighted by atomic mass is 16.4. The van der Waals surface area contributed by atoms with Crippen LogP contribution in [0.25, 0.3) is 0 Å². The molecule has 1 aliphatic rings. The Morgan fingerprint density at radius 3 is 1.91 bits per heavy atom. The number of carboxylic acid groups (broad SMARTS) is 1. The van der Waals surface area contributed by atoms with E-state index in [1.54, 1.807) is 6.92 Å². The molecule has 0 saturated carbocycles. The van der Waals surface area contributed by atoms with E-state index < -0.39 is 17.2 Å². The Labute approximate surface area is 209 Å². The molecule has 0 saturated heterocycles. The summed E-state index contributed by atoms with van der Waals surface area (Å²) in [5, 5.41) is 40.7. The topological polar surface area (TPSA) is 98.0 Å². The van der Waals surface area contributed by atoms with Crippen molar-refractivity contribution in [3.05, 3.63) is 11.6 Å². The number of carbonyl (C=O) groups is 1. The van der Waals surface area contributed by atoms with Gasteiger partial charge in [-0.05, 0) is 95.3 Å². The predicted octanol–water partition coefficient (Wildman–Crippen LogP) is 6.35. The average Bonchev–Trinajstić information content (AvgIpc) is 2.73. The van der Waals surface area contributed by atoms with Crippen molar-refractivity contribution < 1.29 is 25.2 Å². The minimum absolute atomic E-state index is 0.319. The van der Waals surface area contributed by atoms with Crippen molar-refractivity contribution in [1.82, 2.24) is 0 Å². The van der Waals surface area contributed by atoms with Crippen LogP contribution >= 0.6 is 0 Å². The monoisotopic (exact) mass is 482 g/mol. The molecule has 1 rings (SSSR count). The number of carboxylic acids is 1. The van der Waals surface area contributed by atoms with Gasteiger partial charge >= 0.3 is 5.97 Å². The molecule has 0 amide bonds. The lowest BCUT2D eigenvalue weighted by Gasteiger charge is -2.36. The first-order valence-electron chi connectivity index (χ1n) is 13.7. The smallest absolute Gasteiger partial charge is 0.306 e. The fourth-order valence-electron chi connectivity index (χ4n) is 5.34. The van der Waals surface area contributed by atoms with Crippen LogP contribution in [0, 0.1) is 29.6 Å². The lowest BCUT2D eigenvalue weighted by molar-refractivity contribution is -0.141. The zero-order chi connectivity index (χ0) is 26.1. The first-order valence-corrected chi connectivity index (χ1v) is 13.7. The molecule has 8 atom stereocenters. The van der Waals surface area contributed by atoms with Gasteiger partial charge in [-0.25, -0.2) is 0 Å². The molecule has 0 spiro atoms. The molecule has 0 aromatic rings. The molecule has 0 aromatic carbocycles. The second-order valence-electron chi connectivity index (χ2n) is 12.3. The Bertz CT molecular complexity index is 638. The van der Waals surface area contributed by atoms with Gasteiger partial charge in [0.25, 0.3) is 0 Å². The van der Waals surface area contributed by atoms with Crippen molar-refractivity contribution in [3.63, 3.8) is 0 Å². The molecule has 4 N–H and O–H groups in total. The summed E-state index contributed by atoms with van der Waals surface area (Å²) in [6.07, 6.45) is 10.7. The van der Waals surface area contributed by atoms with Crippen molar-refractivity contribution in [1.29, 1.82) is 0 Å². The number of hydrogen-bond donors (Lipinski definition) is 4. The maximum atomic E-state index is 10.9. The van der Waals surface area contributed by atoms with Gasteiger partial charge in [0.05, 0.1) is 23.2 Å². The molecular weight excluding hydrogens is 428 g/mol. The van der Waals surface area contributed by atoms with Crippen LogP contribution in [0.15, 0.2) is 11.6 Å². The molecule has 0 aliphatic heterocycles. The Kier molecular flexibility index (Phi) is 12.8. The standard InChI is InChI=1S/C29H54O5/c1-20(13-14-25-19-26(30)24(5)22(3)23(25)4)11-8-15-28(6,33)17-10-18-29(7,34)16-9-12-21(2)27(31)32/h19-24,26,30,33-34H,8-18H2,1-7H3,(H,31,32)/t20-,21?,22?,23?,24?,26?,28?,29?/m0/s1. The van der Waals surface area contributed by atoms with E-state index in [0.29, 0.717) is 55.8 Å². The van der Waals surface area contributed by atoms with Gasteiger partial charge in [-0.1, -0.05) is 59.1 Å². The number of aliphatic hydroxyl groups is 3. The number of aliphatic carboxylic acids is 1. The van der Waals surface area contributed by atoms with Gasteiger partial charge in [0.1, 0.15) is 0 Å². The lowest BCUT2D eigenvalue weighted by Crippen LogP contribution is -2.32. The maximum Gasteiger partial charge on any atom is 0.306 e. The Morgan fingerprint density at radius 1 is 0.882 bits per heavy atom. The number of allylic oxidation sites excluding steroid dienone is 1. The van der Waals surface area contributed by atoms with Gasteiger partial charge in [0.15, 0.2) is 0 Å². The largest absolute Gasteiger partial charge is 0.481 e. The van der Waals surface area contributed by atoms with E-state index in [0.717, 1.165) is 38.5 Å². The summed E-state index contributed by atoms with van der Waals surface area (Å²) < 4.78 is 0. The van der Waals surface area contributed by atoms with Crippen LogP contribution in [0.1, 0.15) is 119 Å². The Balaban J connectivity index is 2.28. The first kappa shape index (κ1) is 31.1. The number of aliphatic hydroxyl groups excluding tert-OH is 1. The van der Waals surface area contributed by atoms with Crippen LogP contribution in [0.2, 0.25) is 0 Å². The first-order chi connectivity index (χ1) is 15.6. The van der Waals surface area contributed by atoms with E-state index in [1.165, 1.54) is 5.57 Å². The summed E-state index contributed by atoms with van der Waals surface area (Å²) in [6, 6.07) is 0. The third kappa shape index (κ3) is 11.2. The van der Waals surface area contributed by atoms with Crippen LogP contribution in [-0.4, -0.2) is 43.7 Å². The van der Waals surface area contributed by atoms with Crippen molar-refractivity contribution in [3.8, 4) is 0 Å². The van der Waals surface area contributed by atoms with E-state index in [1.807, 2.05) is 13.8 Å². The molecule has 0 aromatic heterocycles. The highest BCUT2D eigenvalue weighted by Gasteiger charge is 2.31. The Morgan fingerprint density at radius 2 is 1.38 bits per heavy atom. The summed E-state index contributed by atoms with van der Waals surface area (Å²) >= 11 is 0. The zero-order valence-electron chi connectivity index (χ0n) is 23.0. The molecular formula is C29H54O5. The van der Waals surface area contributed by atoms with Crippen LogP contribution in [0.4, 0.5) is 0 Å². The quantitative estimate of drug-likeness (QED) is 0.192. The third-order valence-electron chi connectivity index (χ3n) is 8.67. The van der Waals surface area contributed by atoms with Crippen LogP contribution in [-0.2, 0) is 4.79 Å². The molecule has 0 bridgehead atoms. The minimum atomic E-state index is -0.809. The highest BCUT2D eigenvalue weighted by molar-refractivity contribution is 5.69. The van der Waals surface area contributed by atoms with E-state index in [2.05, 4.69) is 33.8 Å². The van der Waals surface area contributed by atoms with Crippen molar-refractivity contribution >= 4 is 5.97 Å². The van der Waals surface area contributed by atoms with Gasteiger partial charge in [0, 0.05) is 0 Å². The average molecular weight is 483 g/mol. The van der Waals surface area contributed by atoms with E-state index in [9.17, 15) is 20.1 Å². The van der Waals surface area contributed by atoms with E-state index >= 15 is 0 Å². The molecule has 5 nitrogen and oxygen atoms in total. The molecule has 5 heteroatoms. The maximum absolute atomic E-state index is 10.9. The normalized spacial score (nSPS) is 28.5. The minimum Gasteiger partial charge on any atom is -0.481 e. The van der Waals surface area contributed by atoms with Crippen LogP contribution < -0.4 is 0 Å². The van der Waals surface area contributed by atoms with Gasteiger partial charge < -0.3 is 20.4 Å². The fourth-order valence-corrected chi connectivity index (χ4v) is 5.34. The van der Waals surface area contributed by atoms with Gasteiger partial charge in [-0.15, -0.1) is 0 Å². The van der Waals surface area contributed by atoms with Crippen molar-refractivity contribution in [2.45, 2.75) is 136 Å². The number of rotatable bonds is 16. The third-order valence-corrected chi connectivity index (χ3v) is 8.67. The van der Waals surface area contributed by atoms with Crippen molar-refractivity contribution in [2.24, 2.45) is 29.6 Å². The van der Waals surface area contributed by atoms with Gasteiger partial charge in [-0.3, -0.25) is 4.79 Å². The fraction of sp³-hybridized carbons (Fsp3) is 0.897. The van der Waals surface area contributed by atoms with Crippen molar-refractivity contribution in [2.75, 3.05) is 0 Å². The molecule has 7 unspecified atom stereocenters. The second kappa shape index (κ2) is 14.0. The zero-order valence-corrected chi connectivity index (χ0v) is 23.0. The summed E-state index contributed by atoms with van der Waals surface area (Å²) in [5.41, 5.74) is -0.123. The summed E-state index contributed by atoms with van der Waals surface area (Å²) in [6.45, 7) is 14.4. The summed E-state index contributed by atoms with van der Waals surface area (Å²) in [5.74, 6) is 0.792. The summed E-state index contributed by atoms with van der Waals surface area (Å²) in [4.78, 5) is 10.9. The SMILES string of the molecule is CC(CCCC(C)(O)CCCC(C)(O)CCC[C@H](C)CCC1=CC(O)C(C)C(C)C1C)C(=O)O. The Hall–Kier alpha value is -0.910. The highest BCUT2D eigenvalue weighted by Crippen LogP contribution is 2.37. The second-order valence-corrected chi connectivity index (χ2v) is 12.3. The lowest BCUT2D eigenvalue weighted by atomic mass is 9.71. The summed E-state index contributed by atoms with van der Waals surface area (Å²) in [7, 11) is 0. The predicted molar refractivity (Wildman–Crippen MR) is 140 cm³/mol. The van der Waals surface area contributed by atoms with Crippen LogP contribution in [0.5, 0.6) is 0 Å². The van der Waals surface area contributed by atoms with Gasteiger partial charge in [-0.2, -0.15) is 0 Å². The number of hydrogen-bond acceptors (Lipinski definition) is 4. The van der Waals surface area contributed by atoms with Crippen LogP contribution in [0.3, 0.4) is 0 Å². The van der Waals surface area contributed by atoms with Gasteiger partial charge in [0.2, 0.25) is 0 Å². The molecule has 200 valence electrons. The van der Waals surface area contributed by atoms with E-state index in [4.69, 9.17) is 5.11 Å². The van der Waals surface area contributed by atoms with E-state index in [-0.39, 0.29) is 12.0 Å². The molecule has 0 radical (unpaired) electrons. The molecule has 0 fully saturated rings. The molecule has 34 heavy (non-hydrogen) atoms. The molecule has 0 heterocycles. The molecule has 1 aliphatic carbocycles.